The molecule has 1 aromatic heterocycles. The topological polar surface area (TPSA) is 198 Å². The molecule has 1 saturated heterocycles. The molecule has 139 heavy (non-hydrogen) atoms. The second-order valence-corrected chi connectivity index (χ2v) is 42.9. The van der Waals surface area contributed by atoms with Crippen LogP contribution in [0.15, 0.2) is 239 Å². The summed E-state index contributed by atoms with van der Waals surface area (Å²) in [5.74, 6) is 4.97. The minimum absolute atomic E-state index is 0.00313. The van der Waals surface area contributed by atoms with Crippen LogP contribution < -0.4 is 34.9 Å². The van der Waals surface area contributed by atoms with Gasteiger partial charge in [0.05, 0.1) is 48.6 Å². The Bertz CT molecular complexity index is 6390. The Morgan fingerprint density at radius 3 is 1.42 bits per heavy atom. The zero-order valence-corrected chi connectivity index (χ0v) is 88.8. The Morgan fingerprint density at radius 1 is 0.489 bits per heavy atom. The van der Waals surface area contributed by atoms with E-state index in [-0.39, 0.29) is 50.1 Å². The number of hydrogen-bond donors (Lipinski definition) is 7. The van der Waals surface area contributed by atoms with E-state index in [9.17, 15) is 20.4 Å². The normalized spacial score (nSPS) is 13.1. The summed E-state index contributed by atoms with van der Waals surface area (Å²) in [5.41, 5.74) is 28.1. The fourth-order valence-corrected chi connectivity index (χ4v) is 19.1. The molecule has 1 fully saturated rings. The summed E-state index contributed by atoms with van der Waals surface area (Å²) in [6, 6.07) is 71.4. The first-order chi connectivity index (χ1) is 65.7. The van der Waals surface area contributed by atoms with Crippen LogP contribution in [0, 0.1) is 62.3 Å². The van der Waals surface area contributed by atoms with Crippen molar-refractivity contribution in [2.45, 2.75) is 234 Å². The van der Waals surface area contributed by atoms with Crippen LogP contribution in [-0.4, -0.2) is 85.9 Å². The second-order valence-electron chi connectivity index (χ2n) is 41.0. The van der Waals surface area contributed by atoms with Crippen LogP contribution in [0.5, 0.6) is 51.7 Å². The first-order valence-corrected chi connectivity index (χ1v) is 49.3. The van der Waals surface area contributed by atoms with E-state index in [0.29, 0.717) is 51.0 Å². The summed E-state index contributed by atoms with van der Waals surface area (Å²) < 4.78 is 33.7. The SMILES string of the molecule is COCCC1CCCO1.COc1c(C=NCCc2ccccn2)cc(C(C)(C)C)cc1C(C)(C)C.COc1ccc(Cl)cc1Sc1cc(Cl)ccc1O.COc1ccc(O)c(CNc2c(C)cc(C)cc2C)c1.Cc1cc(C)c(Nc2cc(C(C)(C)C)cc3c2Oc2c(Nc4c(C)cc(C)cc4C)cc(C(C)(C)C)cc2C3(C)C)c(C)c1.Oc1ccc2ccccc2c1-c1c(O)ccc2ccccc12. The third-order valence-electron chi connectivity index (χ3n) is 25.2. The number of rotatable bonds is 20. The second kappa shape index (κ2) is 46.7. The molecule has 0 saturated carbocycles. The van der Waals surface area contributed by atoms with Crippen LogP contribution >= 0.6 is 35.0 Å². The summed E-state index contributed by atoms with van der Waals surface area (Å²) in [6.07, 6.45) is 8.63. The number of aromatic hydroxyl groups is 4. The van der Waals surface area contributed by atoms with Crippen LogP contribution in [0.3, 0.4) is 0 Å². The van der Waals surface area contributed by atoms with Crippen LogP contribution in [0.1, 0.15) is 216 Å². The van der Waals surface area contributed by atoms with Crippen molar-refractivity contribution in [2.75, 3.05) is 64.1 Å². The van der Waals surface area contributed by atoms with Crippen molar-refractivity contribution < 1.29 is 48.8 Å². The van der Waals surface area contributed by atoms with Gasteiger partial charge in [-0.25, -0.2) is 0 Å². The lowest BCUT2D eigenvalue weighted by molar-refractivity contribution is 0.0752. The van der Waals surface area contributed by atoms with Crippen LogP contribution in [0.2, 0.25) is 10.0 Å². The Labute approximate surface area is 840 Å². The van der Waals surface area contributed by atoms with E-state index in [2.05, 4.69) is 258 Å². The van der Waals surface area contributed by atoms with Gasteiger partial charge in [-0.1, -0.05) is 270 Å². The summed E-state index contributed by atoms with van der Waals surface area (Å²) >= 11 is 13.2. The van der Waals surface area contributed by atoms with Crippen molar-refractivity contribution in [1.29, 1.82) is 0 Å². The van der Waals surface area contributed by atoms with Gasteiger partial charge in [-0.05, 0) is 272 Å². The molecular formula is C121H143Cl2N5O10S. The molecule has 0 radical (unpaired) electrons. The number of phenolic OH excluding ortho intramolecular Hbond substituents is 4. The van der Waals surface area contributed by atoms with Gasteiger partial charge < -0.3 is 64.8 Å². The summed E-state index contributed by atoms with van der Waals surface area (Å²) in [4.78, 5) is 10.5. The highest BCUT2D eigenvalue weighted by Gasteiger charge is 2.40. The number of aromatic nitrogens is 1. The number of methoxy groups -OCH3 is 4. The largest absolute Gasteiger partial charge is 0.508 e. The molecule has 14 aromatic rings. The number of halogens is 2. The third kappa shape index (κ3) is 27.7. The third-order valence-corrected chi connectivity index (χ3v) is 26.8. The minimum Gasteiger partial charge on any atom is -0.508 e. The Balaban J connectivity index is 0.000000169. The van der Waals surface area contributed by atoms with Gasteiger partial charge in [0.1, 0.15) is 40.2 Å². The van der Waals surface area contributed by atoms with E-state index in [4.69, 9.17) is 51.6 Å². The lowest BCUT2D eigenvalue weighted by atomic mass is 9.71. The Hall–Kier alpha value is -12.2. The molecule has 7 N–H and O–H groups in total. The highest BCUT2D eigenvalue weighted by atomic mass is 35.5. The number of pyridine rings is 1. The van der Waals surface area contributed by atoms with E-state index in [0.717, 1.165) is 121 Å². The molecule has 0 spiro atoms. The Kier molecular flexibility index (Phi) is 36.1. The fraction of sp³-hybridized carbons (Fsp3) is 0.339. The van der Waals surface area contributed by atoms with E-state index >= 15 is 0 Å². The molecule has 1 atom stereocenters. The zero-order chi connectivity index (χ0) is 101. The summed E-state index contributed by atoms with van der Waals surface area (Å²) in [7, 11) is 6.69. The number of aryl methyl sites for hydroxylation is 9. The average molecular weight is 1930 g/mol. The molecular weight excluding hydrogens is 1790 g/mol. The number of benzene rings is 13. The smallest absolute Gasteiger partial charge is 0.155 e. The molecule has 13 aromatic carbocycles. The van der Waals surface area contributed by atoms with Gasteiger partial charge in [0, 0.05) is 129 Å². The van der Waals surface area contributed by atoms with Crippen molar-refractivity contribution in [3.63, 3.8) is 0 Å². The number of fused-ring (bicyclic) bond motifs is 4. The average Bonchev–Trinajstić information content (AvgIpc) is 0.917. The minimum atomic E-state index is -0.299. The van der Waals surface area contributed by atoms with E-state index < -0.39 is 0 Å². The molecule has 1 unspecified atom stereocenters. The standard InChI is InChI=1S/C41H52N2O.C23H32N2O.C20H14O2.C17H21NO2.C13H10Cl2O2S.C7H14O2/c1-23-15-25(3)35(26(4)16-23)42-33-21-29(39(7,8)9)19-31-37(33)44-38-32(41(31,13)14)20-30(40(10,11)12)22-34(38)43-36-27(5)17-24(2)18-28(36)6;1-22(2,3)18-14-17(21(26-7)20(15-18)23(4,5)6)16-24-13-11-19-10-8-9-12-25-19;21-17-11-9-13-5-1-3-7-15(13)19(17)20-16-8-4-2-6-14(16)10-12-18(20)22;1-11-7-12(2)17(13(3)8-11)18-10-14-9-15(20-4)5-6-16(14)19;1-17-11-5-3-9(15)7-13(11)18-12-6-8(14)2-4-10(12)16;1-8-6-4-7-3-2-5-9-7/h15-22,42-43H,1-14H3;8-10,12,14-16H,11,13H2,1-7H3;1-12,21-22H;5-9,18-19H,10H2,1-4H3;2-7,16H,1H3;7H,2-6H2,1H3. The van der Waals surface area contributed by atoms with Gasteiger partial charge in [0.25, 0.3) is 0 Å². The summed E-state index contributed by atoms with van der Waals surface area (Å²) in [5, 5.41) is 56.8. The van der Waals surface area contributed by atoms with Crippen molar-refractivity contribution in [3.05, 3.63) is 335 Å². The van der Waals surface area contributed by atoms with Gasteiger partial charge in [-0.2, -0.15) is 0 Å². The van der Waals surface area contributed by atoms with Crippen LogP contribution in [0.25, 0.3) is 32.7 Å². The van der Waals surface area contributed by atoms with Gasteiger partial charge in [-0.3, -0.25) is 9.98 Å². The fourth-order valence-electron chi connectivity index (χ4n) is 17.6. The number of nitrogens with zero attached hydrogens (tertiary/aromatic N) is 2. The van der Waals surface area contributed by atoms with Crippen molar-refractivity contribution in [2.24, 2.45) is 4.99 Å². The molecule has 2 aliphatic rings. The van der Waals surface area contributed by atoms with Gasteiger partial charge >= 0.3 is 0 Å². The maximum absolute atomic E-state index is 10.4. The van der Waals surface area contributed by atoms with Crippen LogP contribution in [-0.2, 0) is 49.5 Å². The molecule has 0 amide bonds. The highest BCUT2D eigenvalue weighted by molar-refractivity contribution is 7.99. The molecule has 16 rings (SSSR count). The molecule has 0 aliphatic carbocycles. The molecule has 0 bridgehead atoms. The number of aliphatic imine (C=N–C) groups is 1. The maximum Gasteiger partial charge on any atom is 0.155 e. The maximum atomic E-state index is 10.4. The molecule has 18 heteroatoms. The zero-order valence-electron chi connectivity index (χ0n) is 86.5. The first kappa shape index (κ1) is 107. The Morgan fingerprint density at radius 2 is 0.964 bits per heavy atom. The highest BCUT2D eigenvalue weighted by Crippen LogP contribution is 2.57. The lowest BCUT2D eigenvalue weighted by Crippen LogP contribution is -2.28. The van der Waals surface area contributed by atoms with Crippen molar-refractivity contribution in [1.82, 2.24) is 4.98 Å². The predicted molar refractivity (Wildman–Crippen MR) is 585 cm³/mol. The number of anilines is 5. The molecule has 15 nitrogen and oxygen atoms in total. The monoisotopic (exact) mass is 1930 g/mol. The van der Waals surface area contributed by atoms with E-state index in [1.54, 1.807) is 89.1 Å². The summed E-state index contributed by atoms with van der Waals surface area (Å²) in [6.45, 7) is 54.2. The van der Waals surface area contributed by atoms with E-state index in [1.165, 1.54) is 108 Å². The predicted octanol–water partition coefficient (Wildman–Crippen LogP) is 32.5. The number of hydrogen-bond acceptors (Lipinski definition) is 16. The van der Waals surface area contributed by atoms with Gasteiger partial charge in [0.2, 0.25) is 0 Å². The van der Waals surface area contributed by atoms with E-state index in [1.807, 2.05) is 97.3 Å². The number of phenols is 4. The van der Waals surface area contributed by atoms with Crippen LogP contribution in [0.4, 0.5) is 28.4 Å². The molecule has 3 heterocycles. The molecule has 732 valence electrons. The number of ether oxygens (including phenoxy) is 6. The molecule has 2 aliphatic heterocycles. The first-order valence-electron chi connectivity index (χ1n) is 47.8. The van der Waals surface area contributed by atoms with Gasteiger partial charge in [-0.15, -0.1) is 0 Å². The quantitative estimate of drug-likeness (QED) is 0.0356. The van der Waals surface area contributed by atoms with Crippen molar-refractivity contribution >= 4 is 91.2 Å². The number of nitrogens with one attached hydrogen (secondary N) is 3. The van der Waals surface area contributed by atoms with Gasteiger partial charge in [0.15, 0.2) is 11.5 Å². The van der Waals surface area contributed by atoms with Crippen molar-refractivity contribution in [3.8, 4) is 62.9 Å². The lowest BCUT2D eigenvalue weighted by Gasteiger charge is -2.39.